The molecule has 3 nitrogen and oxygen atoms in total. The van der Waals surface area contributed by atoms with Crippen LogP contribution in [0.3, 0.4) is 0 Å². The molecule has 16 heavy (non-hydrogen) atoms. The third kappa shape index (κ3) is 1.62. The summed E-state index contributed by atoms with van der Waals surface area (Å²) in [5.74, 6) is -0.500. The molecule has 0 aliphatic rings. The first-order chi connectivity index (χ1) is 7.63. The highest BCUT2D eigenvalue weighted by Gasteiger charge is 2.09. The number of carbonyl (C=O) groups is 1. The largest absolute Gasteiger partial charge is 0.298 e. The molecule has 0 aliphatic heterocycles. The van der Waals surface area contributed by atoms with E-state index >= 15 is 0 Å². The average Bonchev–Trinajstić information content (AvgIpc) is 2.61. The maximum atomic E-state index is 13.1. The van der Waals surface area contributed by atoms with Gasteiger partial charge >= 0.3 is 0 Å². The van der Waals surface area contributed by atoms with Crippen LogP contribution in [0.2, 0.25) is 0 Å². The van der Waals surface area contributed by atoms with E-state index < -0.39 is 5.82 Å². The average molecular weight is 218 g/mol. The van der Waals surface area contributed by atoms with E-state index in [1.807, 2.05) is 14.0 Å². The Morgan fingerprint density at radius 3 is 2.75 bits per heavy atom. The van der Waals surface area contributed by atoms with E-state index in [-0.39, 0.29) is 5.56 Å². The lowest BCUT2D eigenvalue weighted by atomic mass is 10.0. The third-order valence-corrected chi connectivity index (χ3v) is 2.67. The number of aromatic nitrogens is 2. The van der Waals surface area contributed by atoms with Crippen LogP contribution in [0.15, 0.2) is 24.4 Å². The molecule has 1 heterocycles. The number of aryl methyl sites for hydroxylation is 1. The molecule has 0 saturated heterocycles. The zero-order chi connectivity index (χ0) is 11.7. The molecule has 0 bridgehead atoms. The second-order valence-electron chi connectivity index (χ2n) is 3.62. The predicted molar refractivity (Wildman–Crippen MR) is 58.7 cm³/mol. The number of hydrogen-bond donors (Lipinski definition) is 0. The Hall–Kier alpha value is -1.97. The lowest BCUT2D eigenvalue weighted by Crippen LogP contribution is -1.93. The van der Waals surface area contributed by atoms with Gasteiger partial charge in [-0.05, 0) is 24.6 Å². The maximum Gasteiger partial charge on any atom is 0.153 e. The van der Waals surface area contributed by atoms with Crippen molar-refractivity contribution in [3.05, 3.63) is 41.5 Å². The summed E-state index contributed by atoms with van der Waals surface area (Å²) >= 11 is 0. The smallest absolute Gasteiger partial charge is 0.153 e. The molecule has 0 fully saturated rings. The van der Waals surface area contributed by atoms with Crippen molar-refractivity contribution in [1.29, 1.82) is 0 Å². The summed E-state index contributed by atoms with van der Waals surface area (Å²) in [7, 11) is 1.84. The molecule has 2 aromatic rings. The minimum absolute atomic E-state index is 0.0701. The normalized spacial score (nSPS) is 10.4. The number of aldehydes is 1. The van der Waals surface area contributed by atoms with E-state index in [0.29, 0.717) is 6.29 Å². The van der Waals surface area contributed by atoms with Crippen LogP contribution in [0.25, 0.3) is 11.1 Å². The molecular formula is C12H11FN2O. The van der Waals surface area contributed by atoms with Crippen molar-refractivity contribution in [3.63, 3.8) is 0 Å². The first-order valence-electron chi connectivity index (χ1n) is 4.87. The molecule has 0 saturated carbocycles. The Morgan fingerprint density at radius 2 is 2.19 bits per heavy atom. The fourth-order valence-corrected chi connectivity index (χ4v) is 1.58. The van der Waals surface area contributed by atoms with E-state index in [9.17, 15) is 9.18 Å². The van der Waals surface area contributed by atoms with E-state index in [1.54, 1.807) is 16.9 Å². The Labute approximate surface area is 92.5 Å². The first-order valence-corrected chi connectivity index (χ1v) is 4.87. The molecule has 82 valence electrons. The molecule has 0 N–H and O–H groups in total. The third-order valence-electron chi connectivity index (χ3n) is 2.67. The molecule has 0 atom stereocenters. The fourth-order valence-electron chi connectivity index (χ4n) is 1.58. The highest BCUT2D eigenvalue weighted by atomic mass is 19.1. The number of hydrogen-bond acceptors (Lipinski definition) is 2. The molecule has 0 aliphatic carbocycles. The molecule has 0 spiro atoms. The van der Waals surface area contributed by atoms with E-state index in [0.717, 1.165) is 16.8 Å². The van der Waals surface area contributed by atoms with Crippen LogP contribution in [0.1, 0.15) is 16.1 Å². The molecular weight excluding hydrogens is 207 g/mol. The van der Waals surface area contributed by atoms with E-state index in [2.05, 4.69) is 5.10 Å². The van der Waals surface area contributed by atoms with Crippen molar-refractivity contribution in [2.75, 3.05) is 0 Å². The Bertz CT molecular complexity index is 546. The van der Waals surface area contributed by atoms with Crippen LogP contribution in [-0.2, 0) is 7.05 Å². The Morgan fingerprint density at radius 1 is 1.44 bits per heavy atom. The van der Waals surface area contributed by atoms with Gasteiger partial charge in [0.1, 0.15) is 5.82 Å². The van der Waals surface area contributed by atoms with E-state index in [4.69, 9.17) is 0 Å². The van der Waals surface area contributed by atoms with Gasteiger partial charge in [0.2, 0.25) is 0 Å². The zero-order valence-corrected chi connectivity index (χ0v) is 9.07. The van der Waals surface area contributed by atoms with Gasteiger partial charge in [0.15, 0.2) is 6.29 Å². The predicted octanol–water partition coefficient (Wildman–Crippen LogP) is 2.35. The van der Waals surface area contributed by atoms with Crippen molar-refractivity contribution < 1.29 is 9.18 Å². The zero-order valence-electron chi connectivity index (χ0n) is 9.07. The van der Waals surface area contributed by atoms with Gasteiger partial charge in [0, 0.05) is 18.3 Å². The quantitative estimate of drug-likeness (QED) is 0.725. The number of halogens is 1. The number of benzene rings is 1. The van der Waals surface area contributed by atoms with Gasteiger partial charge in [0.05, 0.1) is 11.8 Å². The Kier molecular flexibility index (Phi) is 2.56. The summed E-state index contributed by atoms with van der Waals surface area (Å²) in [6.45, 7) is 1.92. The highest BCUT2D eigenvalue weighted by molar-refractivity contribution is 5.79. The van der Waals surface area contributed by atoms with Crippen LogP contribution in [0.5, 0.6) is 0 Å². The summed E-state index contributed by atoms with van der Waals surface area (Å²) in [5.41, 5.74) is 2.75. The standard InChI is InChI=1S/C12H11FN2O/c1-8-11(6-14-15(8)2)9-3-4-12(13)10(5-9)7-16/h3-7H,1-2H3. The van der Waals surface area contributed by atoms with Crippen LogP contribution in [0.4, 0.5) is 4.39 Å². The van der Waals surface area contributed by atoms with Crippen LogP contribution >= 0.6 is 0 Å². The molecule has 0 unspecified atom stereocenters. The summed E-state index contributed by atoms with van der Waals surface area (Å²) < 4.78 is 14.9. The first kappa shape index (κ1) is 10.5. The lowest BCUT2D eigenvalue weighted by molar-refractivity contribution is 0.112. The molecule has 0 radical (unpaired) electrons. The lowest BCUT2D eigenvalue weighted by Gasteiger charge is -2.02. The van der Waals surface area contributed by atoms with Gasteiger partial charge in [-0.15, -0.1) is 0 Å². The molecule has 1 aromatic carbocycles. The van der Waals surface area contributed by atoms with Crippen LogP contribution < -0.4 is 0 Å². The van der Waals surface area contributed by atoms with Gasteiger partial charge in [-0.2, -0.15) is 5.10 Å². The summed E-state index contributed by atoms with van der Waals surface area (Å²) in [5, 5.41) is 4.11. The minimum atomic E-state index is -0.500. The van der Waals surface area contributed by atoms with Crippen molar-refractivity contribution in [2.24, 2.45) is 7.05 Å². The molecule has 0 amide bonds. The van der Waals surface area contributed by atoms with Crippen molar-refractivity contribution in [3.8, 4) is 11.1 Å². The Balaban J connectivity index is 2.57. The SMILES string of the molecule is Cc1c(-c2ccc(F)c(C=O)c2)cnn1C. The number of rotatable bonds is 2. The van der Waals surface area contributed by atoms with Gasteiger partial charge in [-0.1, -0.05) is 6.07 Å². The van der Waals surface area contributed by atoms with Crippen molar-refractivity contribution in [2.45, 2.75) is 6.92 Å². The minimum Gasteiger partial charge on any atom is -0.298 e. The summed E-state index contributed by atoms with van der Waals surface area (Å²) in [4.78, 5) is 10.6. The van der Waals surface area contributed by atoms with Gasteiger partial charge in [-0.25, -0.2) is 4.39 Å². The fraction of sp³-hybridized carbons (Fsp3) is 0.167. The number of nitrogens with zero attached hydrogens (tertiary/aromatic N) is 2. The van der Waals surface area contributed by atoms with Crippen LogP contribution in [0, 0.1) is 12.7 Å². The van der Waals surface area contributed by atoms with Crippen molar-refractivity contribution in [1.82, 2.24) is 9.78 Å². The second kappa shape index (κ2) is 3.89. The monoisotopic (exact) mass is 218 g/mol. The van der Waals surface area contributed by atoms with Gasteiger partial charge < -0.3 is 0 Å². The van der Waals surface area contributed by atoms with Gasteiger partial charge in [-0.3, -0.25) is 9.48 Å². The molecule has 2 rings (SSSR count). The van der Waals surface area contributed by atoms with Gasteiger partial charge in [0.25, 0.3) is 0 Å². The van der Waals surface area contributed by atoms with Crippen molar-refractivity contribution >= 4 is 6.29 Å². The summed E-state index contributed by atoms with van der Waals surface area (Å²) in [6, 6.07) is 4.48. The molecule has 4 heteroatoms. The van der Waals surface area contributed by atoms with Crippen LogP contribution in [-0.4, -0.2) is 16.1 Å². The second-order valence-corrected chi connectivity index (χ2v) is 3.62. The molecule has 1 aromatic heterocycles. The maximum absolute atomic E-state index is 13.1. The summed E-state index contributed by atoms with van der Waals surface area (Å²) in [6.07, 6.45) is 2.22. The topological polar surface area (TPSA) is 34.9 Å². The highest BCUT2D eigenvalue weighted by Crippen LogP contribution is 2.24. The van der Waals surface area contributed by atoms with E-state index in [1.165, 1.54) is 12.1 Å². The number of carbonyl (C=O) groups excluding carboxylic acids is 1.